The molecule has 0 spiro atoms. The fourth-order valence-corrected chi connectivity index (χ4v) is 2.78. The Morgan fingerprint density at radius 3 is 2.32 bits per heavy atom. The molecule has 1 aromatic rings. The molecular formula is C19H23F3. The smallest absolute Gasteiger partial charge is 0.166 e. The summed E-state index contributed by atoms with van der Waals surface area (Å²) in [5, 5.41) is 0. The number of alkyl halides is 3. The molecule has 0 N–H and O–H groups in total. The van der Waals surface area contributed by atoms with Crippen LogP contribution in [0, 0.1) is 5.92 Å². The second-order valence-electron chi connectivity index (χ2n) is 5.94. The van der Waals surface area contributed by atoms with Crippen molar-refractivity contribution in [3.63, 3.8) is 0 Å². The number of hydrogen-bond donors (Lipinski definition) is 0. The molecule has 1 aliphatic carbocycles. The van der Waals surface area contributed by atoms with Crippen LogP contribution in [0.3, 0.4) is 0 Å². The van der Waals surface area contributed by atoms with Crippen LogP contribution in [-0.2, 0) is 6.18 Å². The first-order chi connectivity index (χ1) is 10.5. The molecule has 0 aliphatic heterocycles. The molecule has 0 aromatic heterocycles. The Morgan fingerprint density at radius 1 is 1.05 bits per heavy atom. The maximum atomic E-state index is 12.6. The number of unbranched alkanes of at least 4 members (excludes halogenated alkanes) is 3. The van der Waals surface area contributed by atoms with Crippen molar-refractivity contribution in [2.75, 3.05) is 0 Å². The summed E-state index contributed by atoms with van der Waals surface area (Å²) in [6.45, 7) is 2.21. The van der Waals surface area contributed by atoms with Crippen molar-refractivity contribution < 1.29 is 13.2 Å². The average molecular weight is 308 g/mol. The highest BCUT2D eigenvalue weighted by molar-refractivity contribution is 5.75. The van der Waals surface area contributed by atoms with Gasteiger partial charge in [0, 0.05) is 0 Å². The molecule has 0 fully saturated rings. The predicted octanol–water partition coefficient (Wildman–Crippen LogP) is 6.64. The molecule has 22 heavy (non-hydrogen) atoms. The van der Waals surface area contributed by atoms with Crippen molar-refractivity contribution >= 4 is 5.57 Å². The molecule has 0 radical (unpaired) electrons. The summed E-state index contributed by atoms with van der Waals surface area (Å²) < 4.78 is 37.7. The Morgan fingerprint density at radius 2 is 1.77 bits per heavy atom. The molecule has 0 nitrogen and oxygen atoms in total. The van der Waals surface area contributed by atoms with E-state index in [9.17, 15) is 13.2 Å². The van der Waals surface area contributed by atoms with E-state index in [0.717, 1.165) is 29.7 Å². The fourth-order valence-electron chi connectivity index (χ4n) is 2.78. The lowest BCUT2D eigenvalue weighted by Crippen LogP contribution is -2.04. The van der Waals surface area contributed by atoms with Gasteiger partial charge in [0.15, 0.2) is 0 Å². The molecule has 1 unspecified atom stereocenters. The summed E-state index contributed by atoms with van der Waals surface area (Å²) in [5.74, 6) is 0.579. The molecule has 120 valence electrons. The normalized spacial score (nSPS) is 18.4. The van der Waals surface area contributed by atoms with E-state index in [1.165, 1.54) is 32.1 Å². The zero-order valence-electron chi connectivity index (χ0n) is 13.0. The Bertz CT molecular complexity index is 521. The van der Waals surface area contributed by atoms with Gasteiger partial charge in [-0.05, 0) is 42.0 Å². The lowest BCUT2D eigenvalue weighted by atomic mass is 9.89. The molecule has 0 amide bonds. The van der Waals surface area contributed by atoms with Gasteiger partial charge in [-0.15, -0.1) is 0 Å². The number of rotatable bonds is 6. The van der Waals surface area contributed by atoms with E-state index in [2.05, 4.69) is 25.2 Å². The van der Waals surface area contributed by atoms with Crippen LogP contribution in [0.25, 0.3) is 5.57 Å². The molecule has 2 rings (SSSR count). The van der Waals surface area contributed by atoms with Crippen LogP contribution in [0.1, 0.15) is 56.6 Å². The zero-order valence-corrected chi connectivity index (χ0v) is 13.0. The van der Waals surface area contributed by atoms with Crippen LogP contribution >= 0.6 is 0 Å². The third-order valence-electron chi connectivity index (χ3n) is 4.16. The Labute approximate surface area is 130 Å². The van der Waals surface area contributed by atoms with Crippen molar-refractivity contribution in [1.29, 1.82) is 0 Å². The molecule has 1 aromatic carbocycles. The molecule has 0 heterocycles. The van der Waals surface area contributed by atoms with E-state index >= 15 is 0 Å². The maximum absolute atomic E-state index is 12.6. The summed E-state index contributed by atoms with van der Waals surface area (Å²) >= 11 is 0. The van der Waals surface area contributed by atoms with Gasteiger partial charge >= 0.3 is 6.18 Å². The molecule has 1 aliphatic rings. The van der Waals surface area contributed by atoms with E-state index < -0.39 is 11.7 Å². The summed E-state index contributed by atoms with van der Waals surface area (Å²) in [7, 11) is 0. The molecule has 0 bridgehead atoms. The van der Waals surface area contributed by atoms with E-state index in [0.29, 0.717) is 5.92 Å². The average Bonchev–Trinajstić information content (AvgIpc) is 2.51. The quantitative estimate of drug-likeness (QED) is 0.517. The minimum atomic E-state index is -4.26. The van der Waals surface area contributed by atoms with Crippen molar-refractivity contribution in [2.45, 2.75) is 51.6 Å². The van der Waals surface area contributed by atoms with Gasteiger partial charge in [-0.2, -0.15) is 13.2 Å². The highest BCUT2D eigenvalue weighted by Crippen LogP contribution is 2.32. The van der Waals surface area contributed by atoms with Crippen LogP contribution < -0.4 is 0 Å². The van der Waals surface area contributed by atoms with E-state index in [4.69, 9.17) is 0 Å². The van der Waals surface area contributed by atoms with E-state index in [-0.39, 0.29) is 0 Å². The minimum absolute atomic E-state index is 0.579. The van der Waals surface area contributed by atoms with Crippen molar-refractivity contribution in [1.82, 2.24) is 0 Å². The van der Waals surface area contributed by atoms with Gasteiger partial charge in [-0.1, -0.05) is 63.0 Å². The second-order valence-corrected chi connectivity index (χ2v) is 5.94. The van der Waals surface area contributed by atoms with Crippen molar-refractivity contribution in [2.24, 2.45) is 5.92 Å². The van der Waals surface area contributed by atoms with Crippen LogP contribution in [0.5, 0.6) is 0 Å². The first-order valence-electron chi connectivity index (χ1n) is 8.06. The van der Waals surface area contributed by atoms with Gasteiger partial charge in [0.25, 0.3) is 0 Å². The molecule has 0 saturated carbocycles. The van der Waals surface area contributed by atoms with E-state index in [1.54, 1.807) is 12.1 Å². The van der Waals surface area contributed by atoms with E-state index in [1.807, 2.05) is 0 Å². The third-order valence-corrected chi connectivity index (χ3v) is 4.16. The van der Waals surface area contributed by atoms with Crippen LogP contribution in [0.4, 0.5) is 13.2 Å². The zero-order chi connectivity index (χ0) is 16.0. The number of benzene rings is 1. The predicted molar refractivity (Wildman–Crippen MR) is 85.4 cm³/mol. The van der Waals surface area contributed by atoms with Gasteiger partial charge in [0.05, 0.1) is 5.56 Å². The largest absolute Gasteiger partial charge is 0.416 e. The first-order valence-corrected chi connectivity index (χ1v) is 8.06. The van der Waals surface area contributed by atoms with Gasteiger partial charge in [-0.3, -0.25) is 0 Å². The number of allylic oxidation sites excluding steroid dienone is 4. The summed E-state index contributed by atoms with van der Waals surface area (Å²) in [6, 6.07) is 5.42. The summed E-state index contributed by atoms with van der Waals surface area (Å²) in [4.78, 5) is 0. The fraction of sp³-hybridized carbons (Fsp3) is 0.474. The summed E-state index contributed by atoms with van der Waals surface area (Å²) in [6.07, 6.45) is 9.41. The molecular weight excluding hydrogens is 285 g/mol. The number of hydrogen-bond acceptors (Lipinski definition) is 0. The lowest BCUT2D eigenvalue weighted by molar-refractivity contribution is -0.137. The van der Waals surface area contributed by atoms with Crippen LogP contribution in [0.2, 0.25) is 0 Å². The monoisotopic (exact) mass is 308 g/mol. The SMILES string of the molecule is CCCCCCC1C=CC(c2ccc(C(F)(F)F)cc2)=CC1. The first kappa shape index (κ1) is 16.9. The number of halogens is 3. The van der Waals surface area contributed by atoms with Crippen LogP contribution in [0.15, 0.2) is 42.5 Å². The molecule has 3 heteroatoms. The molecule has 0 saturated heterocycles. The lowest BCUT2D eigenvalue weighted by Gasteiger charge is -2.16. The standard InChI is InChI=1S/C19H23F3/c1-2-3-4-5-6-15-7-9-16(10-8-15)17-11-13-18(14-12-17)19(20,21)22/h7,9-15H,2-6,8H2,1H3. The second kappa shape index (κ2) is 7.66. The van der Waals surface area contributed by atoms with Gasteiger partial charge in [0.1, 0.15) is 0 Å². The van der Waals surface area contributed by atoms with Gasteiger partial charge < -0.3 is 0 Å². The molecule has 1 atom stereocenters. The highest BCUT2D eigenvalue weighted by atomic mass is 19.4. The maximum Gasteiger partial charge on any atom is 0.416 e. The van der Waals surface area contributed by atoms with Gasteiger partial charge in [0.2, 0.25) is 0 Å². The Balaban J connectivity index is 1.90. The topological polar surface area (TPSA) is 0 Å². The minimum Gasteiger partial charge on any atom is -0.166 e. The van der Waals surface area contributed by atoms with Gasteiger partial charge in [-0.25, -0.2) is 0 Å². The Kier molecular flexibility index (Phi) is 5.87. The third kappa shape index (κ3) is 4.75. The van der Waals surface area contributed by atoms with Crippen molar-refractivity contribution in [3.05, 3.63) is 53.6 Å². The Hall–Kier alpha value is -1.51. The summed E-state index contributed by atoms with van der Waals surface area (Å²) in [5.41, 5.74) is 1.29. The van der Waals surface area contributed by atoms with Crippen LogP contribution in [-0.4, -0.2) is 0 Å². The highest BCUT2D eigenvalue weighted by Gasteiger charge is 2.30. The van der Waals surface area contributed by atoms with Crippen molar-refractivity contribution in [3.8, 4) is 0 Å².